The molecule has 23 heavy (non-hydrogen) atoms. The molecule has 0 saturated heterocycles. The van der Waals surface area contributed by atoms with E-state index in [1.54, 1.807) is 18.2 Å². The van der Waals surface area contributed by atoms with E-state index in [1.165, 1.54) is 13.2 Å². The van der Waals surface area contributed by atoms with Gasteiger partial charge in [0.2, 0.25) is 0 Å². The number of ether oxygens (including phenoxy) is 1. The van der Waals surface area contributed by atoms with Crippen LogP contribution in [0.1, 0.15) is 25.0 Å². The second-order valence-corrected chi connectivity index (χ2v) is 5.90. The van der Waals surface area contributed by atoms with Gasteiger partial charge in [0.1, 0.15) is 0 Å². The van der Waals surface area contributed by atoms with E-state index in [1.807, 2.05) is 18.2 Å². The van der Waals surface area contributed by atoms with Crippen molar-refractivity contribution in [3.8, 4) is 11.8 Å². The molecule has 0 aliphatic carbocycles. The highest BCUT2D eigenvalue weighted by Gasteiger charge is 2.11. The standard InChI is InChI=1S/C19H21FN2O/c1-14(2)12-22(17-7-4-15(11-21)5-8-17)13-16-6-9-19(23-3)18(20)10-16/h4-10,14H,12-13H2,1-3H3. The number of nitriles is 1. The molecular weight excluding hydrogens is 291 g/mol. The molecule has 2 rings (SSSR count). The average molecular weight is 312 g/mol. The Morgan fingerprint density at radius 1 is 1.17 bits per heavy atom. The van der Waals surface area contributed by atoms with Gasteiger partial charge in [-0.3, -0.25) is 0 Å². The fourth-order valence-electron chi connectivity index (χ4n) is 2.48. The molecule has 2 aromatic carbocycles. The third kappa shape index (κ3) is 4.46. The summed E-state index contributed by atoms with van der Waals surface area (Å²) >= 11 is 0. The summed E-state index contributed by atoms with van der Waals surface area (Å²) in [5, 5.41) is 8.91. The fourth-order valence-corrected chi connectivity index (χ4v) is 2.48. The van der Waals surface area contributed by atoms with Crippen LogP contribution in [0.4, 0.5) is 10.1 Å². The van der Waals surface area contributed by atoms with Crippen molar-refractivity contribution in [2.45, 2.75) is 20.4 Å². The van der Waals surface area contributed by atoms with E-state index in [0.717, 1.165) is 17.8 Å². The molecule has 0 amide bonds. The minimum Gasteiger partial charge on any atom is -0.494 e. The van der Waals surface area contributed by atoms with Crippen LogP contribution in [-0.4, -0.2) is 13.7 Å². The van der Waals surface area contributed by atoms with Crippen LogP contribution in [0, 0.1) is 23.1 Å². The fraction of sp³-hybridized carbons (Fsp3) is 0.316. The van der Waals surface area contributed by atoms with Crippen molar-refractivity contribution in [3.63, 3.8) is 0 Å². The number of hydrogen-bond donors (Lipinski definition) is 0. The molecule has 0 radical (unpaired) electrons. The lowest BCUT2D eigenvalue weighted by atomic mass is 10.1. The molecule has 3 nitrogen and oxygen atoms in total. The minimum absolute atomic E-state index is 0.252. The van der Waals surface area contributed by atoms with E-state index < -0.39 is 0 Å². The number of rotatable bonds is 6. The topological polar surface area (TPSA) is 36.3 Å². The molecule has 4 heteroatoms. The van der Waals surface area contributed by atoms with Gasteiger partial charge in [-0.1, -0.05) is 19.9 Å². The molecule has 0 atom stereocenters. The number of anilines is 1. The van der Waals surface area contributed by atoms with Crippen molar-refractivity contribution in [3.05, 3.63) is 59.4 Å². The number of halogens is 1. The lowest BCUT2D eigenvalue weighted by Gasteiger charge is -2.27. The van der Waals surface area contributed by atoms with Crippen LogP contribution in [0.25, 0.3) is 0 Å². The third-order valence-electron chi connectivity index (χ3n) is 3.54. The van der Waals surface area contributed by atoms with Gasteiger partial charge < -0.3 is 9.64 Å². The Bertz CT molecular complexity index is 690. The number of nitrogens with zero attached hydrogens (tertiary/aromatic N) is 2. The Kier molecular flexibility index (Phi) is 5.59. The highest BCUT2D eigenvalue weighted by Crippen LogP contribution is 2.22. The predicted octanol–water partition coefficient (Wildman–Crippen LogP) is 4.37. The summed E-state index contributed by atoms with van der Waals surface area (Å²) in [6, 6.07) is 14.6. The second-order valence-electron chi connectivity index (χ2n) is 5.90. The van der Waals surface area contributed by atoms with Crippen molar-refractivity contribution in [1.82, 2.24) is 0 Å². The van der Waals surface area contributed by atoms with Gasteiger partial charge in [0.05, 0.1) is 18.7 Å². The van der Waals surface area contributed by atoms with Crippen molar-refractivity contribution in [2.75, 3.05) is 18.6 Å². The van der Waals surface area contributed by atoms with Crippen molar-refractivity contribution >= 4 is 5.69 Å². The Balaban J connectivity index is 2.24. The Hall–Kier alpha value is -2.54. The molecule has 0 aliphatic heterocycles. The largest absolute Gasteiger partial charge is 0.494 e. The number of benzene rings is 2. The molecule has 0 aromatic heterocycles. The quantitative estimate of drug-likeness (QED) is 0.794. The van der Waals surface area contributed by atoms with E-state index >= 15 is 0 Å². The molecule has 0 bridgehead atoms. The summed E-state index contributed by atoms with van der Waals surface area (Å²) in [6.07, 6.45) is 0. The van der Waals surface area contributed by atoms with E-state index in [9.17, 15) is 4.39 Å². The van der Waals surface area contributed by atoms with Gasteiger partial charge in [0.15, 0.2) is 11.6 Å². The van der Waals surface area contributed by atoms with Crippen molar-refractivity contribution in [1.29, 1.82) is 5.26 Å². The monoisotopic (exact) mass is 312 g/mol. The maximum Gasteiger partial charge on any atom is 0.165 e. The Morgan fingerprint density at radius 3 is 2.39 bits per heavy atom. The first-order chi connectivity index (χ1) is 11.0. The van der Waals surface area contributed by atoms with E-state index in [2.05, 4.69) is 24.8 Å². The SMILES string of the molecule is COc1ccc(CN(CC(C)C)c2ccc(C#N)cc2)cc1F. The Morgan fingerprint density at radius 2 is 1.87 bits per heavy atom. The lowest BCUT2D eigenvalue weighted by Crippen LogP contribution is -2.27. The molecule has 0 saturated carbocycles. The normalized spacial score (nSPS) is 10.4. The molecule has 0 unspecified atom stereocenters. The van der Waals surface area contributed by atoms with Crippen LogP contribution in [0.15, 0.2) is 42.5 Å². The van der Waals surface area contributed by atoms with Gasteiger partial charge in [-0.25, -0.2) is 4.39 Å². The molecule has 0 heterocycles. The zero-order chi connectivity index (χ0) is 16.8. The average Bonchev–Trinajstić information content (AvgIpc) is 2.54. The van der Waals surface area contributed by atoms with E-state index in [0.29, 0.717) is 18.0 Å². The number of methoxy groups -OCH3 is 1. The maximum atomic E-state index is 13.9. The highest BCUT2D eigenvalue weighted by atomic mass is 19.1. The zero-order valence-electron chi connectivity index (χ0n) is 13.7. The molecule has 0 fully saturated rings. The van der Waals surface area contributed by atoms with Gasteiger partial charge in [-0.2, -0.15) is 5.26 Å². The van der Waals surface area contributed by atoms with Gasteiger partial charge in [0.25, 0.3) is 0 Å². The summed E-state index contributed by atoms with van der Waals surface area (Å²) in [6.45, 7) is 5.74. The van der Waals surface area contributed by atoms with Gasteiger partial charge >= 0.3 is 0 Å². The first-order valence-electron chi connectivity index (χ1n) is 7.61. The molecule has 0 N–H and O–H groups in total. The first-order valence-corrected chi connectivity index (χ1v) is 7.61. The summed E-state index contributed by atoms with van der Waals surface area (Å²) in [7, 11) is 1.46. The van der Waals surface area contributed by atoms with Crippen LogP contribution in [0.5, 0.6) is 5.75 Å². The van der Waals surface area contributed by atoms with Gasteiger partial charge in [0, 0.05) is 18.8 Å². The van der Waals surface area contributed by atoms with E-state index in [-0.39, 0.29) is 11.6 Å². The third-order valence-corrected chi connectivity index (χ3v) is 3.54. The second kappa shape index (κ2) is 7.64. The smallest absolute Gasteiger partial charge is 0.165 e. The van der Waals surface area contributed by atoms with Gasteiger partial charge in [-0.05, 0) is 47.9 Å². The van der Waals surface area contributed by atoms with Crippen molar-refractivity contribution in [2.24, 2.45) is 5.92 Å². The first kappa shape index (κ1) is 16.8. The van der Waals surface area contributed by atoms with Crippen LogP contribution in [0.3, 0.4) is 0 Å². The predicted molar refractivity (Wildman–Crippen MR) is 90.0 cm³/mol. The molecule has 0 spiro atoms. The lowest BCUT2D eigenvalue weighted by molar-refractivity contribution is 0.386. The number of hydrogen-bond acceptors (Lipinski definition) is 3. The summed E-state index contributed by atoms with van der Waals surface area (Å²) in [5.41, 5.74) is 2.54. The molecular formula is C19H21FN2O. The van der Waals surface area contributed by atoms with Crippen LogP contribution >= 0.6 is 0 Å². The maximum absolute atomic E-state index is 13.9. The summed E-state index contributed by atoms with van der Waals surface area (Å²) in [5.74, 6) is 0.366. The zero-order valence-corrected chi connectivity index (χ0v) is 13.7. The van der Waals surface area contributed by atoms with Crippen molar-refractivity contribution < 1.29 is 9.13 Å². The summed E-state index contributed by atoms with van der Waals surface area (Å²) < 4.78 is 18.8. The van der Waals surface area contributed by atoms with Crippen LogP contribution < -0.4 is 9.64 Å². The van der Waals surface area contributed by atoms with E-state index in [4.69, 9.17) is 10.00 Å². The van der Waals surface area contributed by atoms with Crippen LogP contribution in [-0.2, 0) is 6.54 Å². The van der Waals surface area contributed by atoms with Gasteiger partial charge in [-0.15, -0.1) is 0 Å². The molecule has 120 valence electrons. The Labute approximate surface area is 136 Å². The molecule has 2 aromatic rings. The molecule has 0 aliphatic rings. The highest BCUT2D eigenvalue weighted by molar-refractivity contribution is 5.50. The summed E-state index contributed by atoms with van der Waals surface area (Å²) in [4.78, 5) is 2.19. The van der Waals surface area contributed by atoms with Crippen LogP contribution in [0.2, 0.25) is 0 Å². The minimum atomic E-state index is -0.352.